The van der Waals surface area contributed by atoms with E-state index in [0.717, 1.165) is 57.8 Å². The number of aliphatic hydroxyl groups is 2. The fourth-order valence-corrected chi connectivity index (χ4v) is 5.59. The number of phosphoric ester groups is 1. The van der Waals surface area contributed by atoms with E-state index in [9.17, 15) is 24.2 Å². The summed E-state index contributed by atoms with van der Waals surface area (Å²) in [5.74, 6) is -0.934. The highest BCUT2D eigenvalue weighted by molar-refractivity contribution is 7.47. The number of hydrogen-bond acceptors (Lipinski definition) is 9. The van der Waals surface area contributed by atoms with E-state index in [1.54, 1.807) is 0 Å². The number of rotatable bonds is 34. The molecule has 10 nitrogen and oxygen atoms in total. The molecule has 272 valence electrons. The minimum atomic E-state index is -4.60. The van der Waals surface area contributed by atoms with Gasteiger partial charge in [-0.2, -0.15) is 0 Å². The third-order valence-electron chi connectivity index (χ3n) is 7.67. The lowest BCUT2D eigenvalue weighted by Gasteiger charge is -2.20. The highest BCUT2D eigenvalue weighted by Crippen LogP contribution is 2.43. The van der Waals surface area contributed by atoms with Crippen LogP contribution in [0.4, 0.5) is 0 Å². The first-order valence-electron chi connectivity index (χ1n) is 18.1. The normalized spacial score (nSPS) is 14.3. The van der Waals surface area contributed by atoms with Crippen molar-refractivity contribution < 1.29 is 47.8 Å². The summed E-state index contributed by atoms with van der Waals surface area (Å²) in [5.41, 5.74) is 0. The molecule has 0 aliphatic heterocycles. The van der Waals surface area contributed by atoms with Crippen LogP contribution in [0.15, 0.2) is 12.2 Å². The fourth-order valence-electron chi connectivity index (χ4n) is 4.80. The number of carbonyl (C=O) groups is 2. The predicted molar refractivity (Wildman–Crippen MR) is 182 cm³/mol. The van der Waals surface area contributed by atoms with Gasteiger partial charge in [-0.15, -0.1) is 0 Å². The lowest BCUT2D eigenvalue weighted by Crippen LogP contribution is -2.29. The van der Waals surface area contributed by atoms with Gasteiger partial charge in [0.05, 0.1) is 19.8 Å². The van der Waals surface area contributed by atoms with E-state index in [-0.39, 0.29) is 19.4 Å². The molecular formula is C35H67O10P. The summed E-state index contributed by atoms with van der Waals surface area (Å²) < 4.78 is 32.5. The highest BCUT2D eigenvalue weighted by atomic mass is 31.2. The molecule has 0 saturated carbocycles. The van der Waals surface area contributed by atoms with Gasteiger partial charge >= 0.3 is 19.8 Å². The third-order valence-corrected chi connectivity index (χ3v) is 8.62. The molecule has 0 aromatic rings. The molecule has 11 heteroatoms. The Morgan fingerprint density at radius 1 is 0.630 bits per heavy atom. The molecule has 0 heterocycles. The largest absolute Gasteiger partial charge is 0.472 e. The molecule has 0 spiro atoms. The highest BCUT2D eigenvalue weighted by Gasteiger charge is 2.27. The van der Waals surface area contributed by atoms with Crippen LogP contribution in [-0.4, -0.2) is 65.7 Å². The van der Waals surface area contributed by atoms with Crippen molar-refractivity contribution in [1.29, 1.82) is 0 Å². The smallest absolute Gasteiger partial charge is 0.462 e. The van der Waals surface area contributed by atoms with Crippen LogP contribution in [0.2, 0.25) is 0 Å². The van der Waals surface area contributed by atoms with Crippen LogP contribution in [0.25, 0.3) is 0 Å². The molecule has 0 aromatic carbocycles. The predicted octanol–water partition coefficient (Wildman–Crippen LogP) is 8.50. The zero-order valence-electron chi connectivity index (χ0n) is 29.0. The van der Waals surface area contributed by atoms with Gasteiger partial charge in [0.2, 0.25) is 0 Å². The van der Waals surface area contributed by atoms with Crippen molar-refractivity contribution in [2.45, 2.75) is 174 Å². The summed E-state index contributed by atoms with van der Waals surface area (Å²) in [7, 11) is -4.60. The molecule has 0 rings (SSSR count). The van der Waals surface area contributed by atoms with Crippen molar-refractivity contribution in [1.82, 2.24) is 0 Å². The van der Waals surface area contributed by atoms with E-state index in [1.165, 1.54) is 64.2 Å². The second-order valence-electron chi connectivity index (χ2n) is 12.3. The van der Waals surface area contributed by atoms with Crippen LogP contribution < -0.4 is 0 Å². The number of carbonyl (C=O) groups excluding carboxylic acids is 2. The first-order valence-corrected chi connectivity index (χ1v) is 19.6. The third kappa shape index (κ3) is 31.3. The van der Waals surface area contributed by atoms with Crippen LogP contribution in [0.1, 0.15) is 162 Å². The molecule has 3 N–H and O–H groups in total. The average Bonchev–Trinajstić information content (AvgIpc) is 3.04. The Bertz CT molecular complexity index is 791. The number of aliphatic hydroxyl groups excluding tert-OH is 2. The minimum Gasteiger partial charge on any atom is -0.462 e. The van der Waals surface area contributed by atoms with Crippen molar-refractivity contribution in [3.05, 3.63) is 12.2 Å². The van der Waals surface area contributed by atoms with Gasteiger partial charge < -0.3 is 24.6 Å². The molecule has 0 aliphatic carbocycles. The Hall–Kier alpha value is -1.29. The van der Waals surface area contributed by atoms with E-state index in [4.69, 9.17) is 19.1 Å². The molecule has 0 fully saturated rings. The Morgan fingerprint density at radius 3 is 1.63 bits per heavy atom. The van der Waals surface area contributed by atoms with Crippen molar-refractivity contribution >= 4 is 19.8 Å². The Kier molecular flexibility index (Phi) is 31.4. The van der Waals surface area contributed by atoms with E-state index >= 15 is 0 Å². The number of unbranched alkanes of at least 4 members (excludes halogenated alkanes) is 18. The van der Waals surface area contributed by atoms with Gasteiger partial charge in [0.25, 0.3) is 0 Å². The van der Waals surface area contributed by atoms with Crippen LogP contribution >= 0.6 is 7.82 Å². The first kappa shape index (κ1) is 44.7. The van der Waals surface area contributed by atoms with Gasteiger partial charge in [0.1, 0.15) is 12.7 Å². The fraction of sp³-hybridized carbons (Fsp3) is 0.886. The molecule has 0 radical (unpaired) electrons. The van der Waals surface area contributed by atoms with E-state index < -0.39 is 51.8 Å². The lowest BCUT2D eigenvalue weighted by molar-refractivity contribution is -0.161. The molecule has 0 aromatic heterocycles. The Balaban J connectivity index is 4.40. The molecule has 0 aliphatic rings. The van der Waals surface area contributed by atoms with Crippen LogP contribution in [-0.2, 0) is 32.7 Å². The number of phosphoric acid groups is 1. The molecule has 0 saturated heterocycles. The summed E-state index contributed by atoms with van der Waals surface area (Å²) in [4.78, 5) is 34.7. The molecule has 0 bridgehead atoms. The summed E-state index contributed by atoms with van der Waals surface area (Å²) in [6, 6.07) is 0. The van der Waals surface area contributed by atoms with Gasteiger partial charge in [-0.05, 0) is 32.1 Å². The number of allylic oxidation sites excluding steroid dienone is 2. The minimum absolute atomic E-state index is 0.177. The van der Waals surface area contributed by atoms with Crippen LogP contribution in [0.3, 0.4) is 0 Å². The summed E-state index contributed by atoms with van der Waals surface area (Å²) in [5, 5.41) is 18.2. The molecule has 1 unspecified atom stereocenters. The van der Waals surface area contributed by atoms with Crippen molar-refractivity contribution in [3.63, 3.8) is 0 Å². The maximum atomic E-state index is 12.5. The average molecular weight is 679 g/mol. The van der Waals surface area contributed by atoms with Crippen LogP contribution in [0, 0.1) is 0 Å². The van der Waals surface area contributed by atoms with Gasteiger partial charge in [0, 0.05) is 12.8 Å². The topological polar surface area (TPSA) is 149 Å². The SMILES string of the molecule is CCCC/C=C/CCCCCCCC(=O)O[C@H](COC(=O)CCCCCCCCCCCCCC)COP(=O)(O)OC[C@@H](O)CO. The van der Waals surface area contributed by atoms with E-state index in [1.807, 2.05) is 0 Å². The number of esters is 2. The van der Waals surface area contributed by atoms with Gasteiger partial charge in [0.15, 0.2) is 6.10 Å². The van der Waals surface area contributed by atoms with Gasteiger partial charge in [-0.3, -0.25) is 18.6 Å². The van der Waals surface area contributed by atoms with Crippen molar-refractivity contribution in [2.24, 2.45) is 0 Å². The zero-order valence-corrected chi connectivity index (χ0v) is 29.9. The maximum absolute atomic E-state index is 12.5. The lowest BCUT2D eigenvalue weighted by atomic mass is 10.0. The number of hydrogen-bond donors (Lipinski definition) is 3. The Labute approximate surface area is 279 Å². The molecule has 46 heavy (non-hydrogen) atoms. The van der Waals surface area contributed by atoms with Gasteiger partial charge in [-0.1, -0.05) is 129 Å². The second-order valence-corrected chi connectivity index (χ2v) is 13.7. The maximum Gasteiger partial charge on any atom is 0.472 e. The van der Waals surface area contributed by atoms with Crippen molar-refractivity contribution in [2.75, 3.05) is 26.4 Å². The van der Waals surface area contributed by atoms with E-state index in [2.05, 4.69) is 30.5 Å². The van der Waals surface area contributed by atoms with Crippen molar-refractivity contribution in [3.8, 4) is 0 Å². The Morgan fingerprint density at radius 2 is 1.09 bits per heavy atom. The monoisotopic (exact) mass is 678 g/mol. The quantitative estimate of drug-likeness (QED) is 0.0262. The molecular weight excluding hydrogens is 611 g/mol. The van der Waals surface area contributed by atoms with E-state index in [0.29, 0.717) is 12.8 Å². The van der Waals surface area contributed by atoms with Crippen LogP contribution in [0.5, 0.6) is 0 Å². The molecule has 0 amide bonds. The molecule has 3 atom stereocenters. The summed E-state index contributed by atoms with van der Waals surface area (Å²) in [6.07, 6.45) is 26.1. The van der Waals surface area contributed by atoms with Gasteiger partial charge in [-0.25, -0.2) is 4.57 Å². The first-order chi connectivity index (χ1) is 22.2. The summed E-state index contributed by atoms with van der Waals surface area (Å²) >= 11 is 0. The zero-order chi connectivity index (χ0) is 34.1. The summed E-state index contributed by atoms with van der Waals surface area (Å²) in [6.45, 7) is 2.31. The number of ether oxygens (including phenoxy) is 2. The standard InChI is InChI=1S/C35H67O10P/c1-3-5-7-9-11-13-15-17-18-20-22-24-26-34(38)42-30-33(31-44-46(40,41)43-29-32(37)28-36)45-35(39)27-25-23-21-19-16-14-12-10-8-6-4-2/h10,12,32-33,36-37H,3-9,11,13-31H2,1-2H3,(H,40,41)/b12-10+/t32-,33+/m0/s1. The second kappa shape index (κ2) is 32.3.